The maximum absolute atomic E-state index is 12.5. The van der Waals surface area contributed by atoms with Crippen LogP contribution in [0.2, 0.25) is 0 Å². The van der Waals surface area contributed by atoms with Gasteiger partial charge in [0.1, 0.15) is 17.1 Å². The summed E-state index contributed by atoms with van der Waals surface area (Å²) in [6, 6.07) is 8.40. The van der Waals surface area contributed by atoms with E-state index in [1.165, 1.54) is 25.3 Å². The number of carboxylic acids is 1. The average Bonchev–Trinajstić information content (AvgIpc) is 2.97. The van der Waals surface area contributed by atoms with Crippen LogP contribution in [-0.2, 0) is 11.2 Å². The number of nitrogens with one attached hydrogen (secondary N) is 1. The standard InChI is InChI=1S/C19H19NO5/c1-10-6-12-8-17(25-15(12)7-11(10)2)18(21)20-13-4-5-14(19(22)23)16(9-13)24-3/h4-7,9,17H,8H2,1-3H3,(H,20,21)(H,22,23). The molecule has 0 saturated carbocycles. The molecule has 6 heteroatoms. The molecule has 1 atom stereocenters. The first-order chi connectivity index (χ1) is 11.9. The molecule has 6 nitrogen and oxygen atoms in total. The molecule has 1 aliphatic heterocycles. The van der Waals surface area contributed by atoms with Crippen molar-refractivity contribution in [1.29, 1.82) is 0 Å². The number of methoxy groups -OCH3 is 1. The van der Waals surface area contributed by atoms with Crippen molar-refractivity contribution in [3.8, 4) is 11.5 Å². The molecule has 1 amide bonds. The molecule has 0 aromatic heterocycles. The normalized spacial score (nSPS) is 15.2. The number of ether oxygens (including phenoxy) is 2. The largest absolute Gasteiger partial charge is 0.496 e. The minimum Gasteiger partial charge on any atom is -0.496 e. The number of benzene rings is 2. The summed E-state index contributed by atoms with van der Waals surface area (Å²) in [5.41, 5.74) is 3.79. The molecule has 0 aliphatic carbocycles. The van der Waals surface area contributed by atoms with Crippen LogP contribution in [0.15, 0.2) is 30.3 Å². The SMILES string of the molecule is COc1cc(NC(=O)C2Cc3cc(C)c(C)cc3O2)ccc1C(=O)O. The Hall–Kier alpha value is -3.02. The Morgan fingerprint density at radius 3 is 2.60 bits per heavy atom. The predicted octanol–water partition coefficient (Wildman–Crippen LogP) is 2.95. The monoisotopic (exact) mass is 341 g/mol. The van der Waals surface area contributed by atoms with Crippen molar-refractivity contribution in [3.63, 3.8) is 0 Å². The molecule has 2 aromatic carbocycles. The zero-order chi connectivity index (χ0) is 18.1. The van der Waals surface area contributed by atoms with Crippen LogP contribution in [0.5, 0.6) is 11.5 Å². The molecular formula is C19H19NO5. The zero-order valence-electron chi connectivity index (χ0n) is 14.3. The number of carboxylic acid groups (broad SMARTS) is 1. The fourth-order valence-electron chi connectivity index (χ4n) is 2.83. The second-order valence-corrected chi connectivity index (χ2v) is 6.06. The van der Waals surface area contributed by atoms with Crippen LogP contribution >= 0.6 is 0 Å². The van der Waals surface area contributed by atoms with Crippen molar-refractivity contribution in [2.45, 2.75) is 26.4 Å². The van der Waals surface area contributed by atoms with E-state index in [4.69, 9.17) is 14.6 Å². The van der Waals surface area contributed by atoms with E-state index in [1.807, 2.05) is 26.0 Å². The van der Waals surface area contributed by atoms with Gasteiger partial charge in [-0.1, -0.05) is 6.07 Å². The summed E-state index contributed by atoms with van der Waals surface area (Å²) in [6.07, 6.45) is -0.103. The number of carbonyl (C=O) groups is 2. The third-order valence-corrected chi connectivity index (χ3v) is 4.34. The molecular weight excluding hydrogens is 322 g/mol. The Morgan fingerprint density at radius 2 is 1.92 bits per heavy atom. The third-order valence-electron chi connectivity index (χ3n) is 4.34. The van der Waals surface area contributed by atoms with Crippen molar-refractivity contribution < 1.29 is 24.2 Å². The molecule has 0 spiro atoms. The molecule has 0 bridgehead atoms. The van der Waals surface area contributed by atoms with Gasteiger partial charge in [-0.05, 0) is 48.7 Å². The Morgan fingerprint density at radius 1 is 1.20 bits per heavy atom. The number of fused-ring (bicyclic) bond motifs is 1. The van der Waals surface area contributed by atoms with Gasteiger partial charge >= 0.3 is 5.97 Å². The summed E-state index contributed by atoms with van der Waals surface area (Å²) in [5, 5.41) is 11.9. The van der Waals surface area contributed by atoms with E-state index >= 15 is 0 Å². The summed E-state index contributed by atoms with van der Waals surface area (Å²) in [6.45, 7) is 4.03. The van der Waals surface area contributed by atoms with E-state index in [-0.39, 0.29) is 17.2 Å². The Kier molecular flexibility index (Phi) is 4.35. The molecule has 130 valence electrons. The van der Waals surface area contributed by atoms with Gasteiger partial charge in [-0.25, -0.2) is 4.79 Å². The van der Waals surface area contributed by atoms with Crippen LogP contribution < -0.4 is 14.8 Å². The van der Waals surface area contributed by atoms with Crippen molar-refractivity contribution in [3.05, 3.63) is 52.6 Å². The smallest absolute Gasteiger partial charge is 0.339 e. The number of amides is 1. The van der Waals surface area contributed by atoms with Crippen molar-refractivity contribution in [2.24, 2.45) is 0 Å². The van der Waals surface area contributed by atoms with E-state index in [0.717, 1.165) is 22.4 Å². The van der Waals surface area contributed by atoms with Crippen molar-refractivity contribution in [2.75, 3.05) is 12.4 Å². The Bertz CT molecular complexity index is 828. The summed E-state index contributed by atoms with van der Waals surface area (Å²) in [7, 11) is 1.38. The number of hydrogen-bond acceptors (Lipinski definition) is 4. The van der Waals surface area contributed by atoms with Crippen LogP contribution in [0.1, 0.15) is 27.0 Å². The quantitative estimate of drug-likeness (QED) is 0.893. The average molecular weight is 341 g/mol. The third kappa shape index (κ3) is 3.28. The first-order valence-electron chi connectivity index (χ1n) is 7.88. The summed E-state index contributed by atoms with van der Waals surface area (Å²) < 4.78 is 10.8. The van der Waals surface area contributed by atoms with Crippen LogP contribution in [0.3, 0.4) is 0 Å². The van der Waals surface area contributed by atoms with Gasteiger partial charge < -0.3 is 19.9 Å². The molecule has 1 aliphatic rings. The van der Waals surface area contributed by atoms with Crippen molar-refractivity contribution in [1.82, 2.24) is 0 Å². The number of rotatable bonds is 4. The maximum Gasteiger partial charge on any atom is 0.339 e. The molecule has 0 radical (unpaired) electrons. The van der Waals surface area contributed by atoms with E-state index < -0.39 is 12.1 Å². The summed E-state index contributed by atoms with van der Waals surface area (Å²) in [4.78, 5) is 23.6. The lowest BCUT2D eigenvalue weighted by molar-refractivity contribution is -0.122. The van der Waals surface area contributed by atoms with Gasteiger partial charge in [0.25, 0.3) is 5.91 Å². The zero-order valence-corrected chi connectivity index (χ0v) is 14.3. The van der Waals surface area contributed by atoms with Gasteiger partial charge in [-0.2, -0.15) is 0 Å². The molecule has 1 unspecified atom stereocenters. The van der Waals surface area contributed by atoms with Gasteiger partial charge in [-0.3, -0.25) is 4.79 Å². The van der Waals surface area contributed by atoms with Gasteiger partial charge in [0.15, 0.2) is 6.10 Å². The first kappa shape index (κ1) is 16.8. The fourth-order valence-corrected chi connectivity index (χ4v) is 2.83. The lowest BCUT2D eigenvalue weighted by atomic mass is 10.0. The summed E-state index contributed by atoms with van der Waals surface area (Å²) in [5.74, 6) is -0.444. The highest BCUT2D eigenvalue weighted by atomic mass is 16.5. The van der Waals surface area contributed by atoms with E-state index in [1.54, 1.807) is 0 Å². The van der Waals surface area contributed by atoms with Crippen LogP contribution in [0.25, 0.3) is 0 Å². The molecule has 2 aromatic rings. The minimum absolute atomic E-state index is 0.0379. The van der Waals surface area contributed by atoms with E-state index in [0.29, 0.717) is 12.1 Å². The summed E-state index contributed by atoms with van der Waals surface area (Å²) >= 11 is 0. The highest BCUT2D eigenvalue weighted by molar-refractivity contribution is 5.97. The predicted molar refractivity (Wildman–Crippen MR) is 92.6 cm³/mol. The van der Waals surface area contributed by atoms with Crippen molar-refractivity contribution >= 4 is 17.6 Å². The molecule has 2 N–H and O–H groups in total. The van der Waals surface area contributed by atoms with Crippen LogP contribution in [-0.4, -0.2) is 30.2 Å². The molecule has 1 heterocycles. The first-order valence-corrected chi connectivity index (χ1v) is 7.88. The number of aryl methyl sites for hydroxylation is 2. The molecule has 0 saturated heterocycles. The molecule has 25 heavy (non-hydrogen) atoms. The number of aromatic carboxylic acids is 1. The second-order valence-electron chi connectivity index (χ2n) is 6.06. The van der Waals surface area contributed by atoms with E-state index in [9.17, 15) is 9.59 Å². The number of anilines is 1. The lowest BCUT2D eigenvalue weighted by Crippen LogP contribution is -2.31. The highest BCUT2D eigenvalue weighted by Crippen LogP contribution is 2.32. The maximum atomic E-state index is 12.5. The van der Waals surface area contributed by atoms with Gasteiger partial charge in [0.05, 0.1) is 7.11 Å². The van der Waals surface area contributed by atoms with Gasteiger partial charge in [0, 0.05) is 18.2 Å². The lowest BCUT2D eigenvalue weighted by Gasteiger charge is -2.13. The van der Waals surface area contributed by atoms with Gasteiger partial charge in [-0.15, -0.1) is 0 Å². The van der Waals surface area contributed by atoms with Crippen LogP contribution in [0.4, 0.5) is 5.69 Å². The Labute approximate surface area is 145 Å². The second kappa shape index (κ2) is 6.47. The fraction of sp³-hybridized carbons (Fsp3) is 0.263. The van der Waals surface area contributed by atoms with E-state index in [2.05, 4.69) is 5.32 Å². The van der Waals surface area contributed by atoms with Gasteiger partial charge in [0.2, 0.25) is 0 Å². The van der Waals surface area contributed by atoms with Crippen LogP contribution in [0, 0.1) is 13.8 Å². The molecule has 0 fully saturated rings. The highest BCUT2D eigenvalue weighted by Gasteiger charge is 2.29. The number of carbonyl (C=O) groups excluding carboxylic acids is 1. The Balaban J connectivity index is 1.74. The molecule has 3 rings (SSSR count). The number of hydrogen-bond donors (Lipinski definition) is 2. The topological polar surface area (TPSA) is 84.9 Å². The minimum atomic E-state index is -1.09.